The zero-order valence-electron chi connectivity index (χ0n) is 11.9. The number of H-pyrrole nitrogens is 1. The molecule has 0 saturated carbocycles. The van der Waals surface area contributed by atoms with E-state index in [1.165, 1.54) is 0 Å². The van der Waals surface area contributed by atoms with Gasteiger partial charge >= 0.3 is 0 Å². The van der Waals surface area contributed by atoms with Crippen LogP contribution in [0.3, 0.4) is 0 Å². The first-order chi connectivity index (χ1) is 9.41. The van der Waals surface area contributed by atoms with Crippen molar-refractivity contribution < 1.29 is 13.2 Å². The highest BCUT2D eigenvalue weighted by molar-refractivity contribution is 7.92. The standard InChI is InChI=1S/C13H21N3O3S/c1-3-20(18,19)9-13(17)16-6-4-5-11(8-16)12-7-10(2)14-15-12/h7,11H,3-6,8-9H2,1-2H3,(H,14,15)/t11-/m1/s1. The maximum atomic E-state index is 12.1. The van der Waals surface area contributed by atoms with E-state index in [0.717, 1.165) is 24.2 Å². The van der Waals surface area contributed by atoms with Crippen molar-refractivity contribution in [1.82, 2.24) is 15.1 Å². The van der Waals surface area contributed by atoms with Gasteiger partial charge in [-0.2, -0.15) is 5.10 Å². The Balaban J connectivity index is 2.02. The molecule has 1 fully saturated rings. The Morgan fingerprint density at radius 2 is 2.30 bits per heavy atom. The van der Waals surface area contributed by atoms with Crippen LogP contribution in [-0.4, -0.2) is 54.0 Å². The van der Waals surface area contributed by atoms with Gasteiger partial charge in [-0.15, -0.1) is 0 Å². The van der Waals surface area contributed by atoms with Crippen molar-refractivity contribution in [3.8, 4) is 0 Å². The summed E-state index contributed by atoms with van der Waals surface area (Å²) in [5.41, 5.74) is 1.95. The van der Waals surface area contributed by atoms with E-state index < -0.39 is 9.84 Å². The molecule has 0 bridgehead atoms. The molecular weight excluding hydrogens is 278 g/mol. The second kappa shape index (κ2) is 5.95. The molecule has 1 saturated heterocycles. The van der Waals surface area contributed by atoms with Crippen LogP contribution in [0.25, 0.3) is 0 Å². The molecular formula is C13H21N3O3S. The number of nitrogens with zero attached hydrogens (tertiary/aromatic N) is 2. The second-order valence-electron chi connectivity index (χ2n) is 5.33. The molecule has 0 radical (unpaired) electrons. The third-order valence-electron chi connectivity index (χ3n) is 3.70. The summed E-state index contributed by atoms with van der Waals surface area (Å²) in [7, 11) is -3.26. The van der Waals surface area contributed by atoms with Crippen molar-refractivity contribution in [3.63, 3.8) is 0 Å². The number of aryl methyl sites for hydroxylation is 1. The van der Waals surface area contributed by atoms with Crippen molar-refractivity contribution in [2.45, 2.75) is 32.6 Å². The molecule has 1 aromatic heterocycles. The summed E-state index contributed by atoms with van der Waals surface area (Å²) in [6.07, 6.45) is 1.86. The number of carbonyl (C=O) groups is 1. The maximum Gasteiger partial charge on any atom is 0.237 e. The third-order valence-corrected chi connectivity index (χ3v) is 5.27. The lowest BCUT2D eigenvalue weighted by atomic mass is 9.94. The quantitative estimate of drug-likeness (QED) is 0.894. The van der Waals surface area contributed by atoms with E-state index in [9.17, 15) is 13.2 Å². The Morgan fingerprint density at radius 1 is 1.55 bits per heavy atom. The van der Waals surface area contributed by atoms with E-state index in [4.69, 9.17) is 0 Å². The monoisotopic (exact) mass is 299 g/mol. The van der Waals surface area contributed by atoms with Gasteiger partial charge in [0.1, 0.15) is 5.75 Å². The molecule has 2 heterocycles. The number of aromatic amines is 1. The average molecular weight is 299 g/mol. The predicted octanol–water partition coefficient (Wildman–Crippen LogP) is 0.859. The van der Waals surface area contributed by atoms with Gasteiger partial charge in [0, 0.05) is 30.5 Å². The Bertz CT molecular complexity index is 579. The summed E-state index contributed by atoms with van der Waals surface area (Å²) in [4.78, 5) is 13.7. The lowest BCUT2D eigenvalue weighted by Crippen LogP contribution is -2.42. The average Bonchev–Trinajstić information content (AvgIpc) is 2.85. The molecule has 1 amide bonds. The molecule has 1 atom stereocenters. The second-order valence-corrected chi connectivity index (χ2v) is 7.68. The summed E-state index contributed by atoms with van der Waals surface area (Å²) < 4.78 is 23.1. The smallest absolute Gasteiger partial charge is 0.237 e. The summed E-state index contributed by atoms with van der Waals surface area (Å²) >= 11 is 0. The minimum absolute atomic E-state index is 0.00850. The summed E-state index contributed by atoms with van der Waals surface area (Å²) in [5, 5.41) is 7.15. The van der Waals surface area contributed by atoms with Gasteiger partial charge in [-0.3, -0.25) is 9.89 Å². The molecule has 1 aliphatic heterocycles. The van der Waals surface area contributed by atoms with Gasteiger partial charge < -0.3 is 4.90 Å². The van der Waals surface area contributed by atoms with Crippen molar-refractivity contribution in [1.29, 1.82) is 0 Å². The van der Waals surface area contributed by atoms with E-state index in [1.54, 1.807) is 11.8 Å². The van der Waals surface area contributed by atoms with E-state index >= 15 is 0 Å². The number of amides is 1. The van der Waals surface area contributed by atoms with Gasteiger partial charge in [-0.1, -0.05) is 6.92 Å². The Hall–Kier alpha value is -1.37. The van der Waals surface area contributed by atoms with Gasteiger partial charge in [-0.25, -0.2) is 8.42 Å². The molecule has 0 spiro atoms. The Morgan fingerprint density at radius 3 is 2.90 bits per heavy atom. The number of hydrogen-bond acceptors (Lipinski definition) is 4. The van der Waals surface area contributed by atoms with Crippen LogP contribution in [0, 0.1) is 6.92 Å². The fraction of sp³-hybridized carbons (Fsp3) is 0.692. The summed E-state index contributed by atoms with van der Waals surface area (Å²) in [5.74, 6) is -0.463. The van der Waals surface area contributed by atoms with Crippen molar-refractivity contribution in [3.05, 3.63) is 17.5 Å². The molecule has 0 unspecified atom stereocenters. The first-order valence-corrected chi connectivity index (χ1v) is 8.73. The number of hydrogen-bond donors (Lipinski definition) is 1. The van der Waals surface area contributed by atoms with E-state index in [2.05, 4.69) is 10.2 Å². The van der Waals surface area contributed by atoms with Crippen LogP contribution in [0.2, 0.25) is 0 Å². The molecule has 1 aromatic rings. The van der Waals surface area contributed by atoms with Crippen molar-refractivity contribution >= 4 is 15.7 Å². The minimum atomic E-state index is -3.26. The number of sulfone groups is 1. The number of rotatable bonds is 4. The third kappa shape index (κ3) is 3.59. The maximum absolute atomic E-state index is 12.1. The van der Waals surface area contributed by atoms with Crippen molar-refractivity contribution in [2.24, 2.45) is 0 Å². The number of piperidine rings is 1. The normalized spacial score (nSPS) is 20.1. The van der Waals surface area contributed by atoms with Gasteiger partial charge in [0.2, 0.25) is 5.91 Å². The van der Waals surface area contributed by atoms with Gasteiger partial charge in [0.05, 0.1) is 5.69 Å². The highest BCUT2D eigenvalue weighted by Crippen LogP contribution is 2.26. The number of carbonyl (C=O) groups excluding carboxylic acids is 1. The molecule has 1 aliphatic rings. The largest absolute Gasteiger partial charge is 0.341 e. The van der Waals surface area contributed by atoms with Crippen LogP contribution < -0.4 is 0 Å². The summed E-state index contributed by atoms with van der Waals surface area (Å²) in [6.45, 7) is 4.70. The number of aromatic nitrogens is 2. The number of likely N-dealkylation sites (tertiary alicyclic amines) is 1. The van der Waals surface area contributed by atoms with Crippen LogP contribution in [0.1, 0.15) is 37.1 Å². The van der Waals surface area contributed by atoms with Gasteiger partial charge in [-0.05, 0) is 25.8 Å². The first-order valence-electron chi connectivity index (χ1n) is 6.91. The number of nitrogens with one attached hydrogen (secondary N) is 1. The fourth-order valence-corrected chi connectivity index (χ4v) is 3.24. The lowest BCUT2D eigenvalue weighted by molar-refractivity contribution is -0.129. The van der Waals surface area contributed by atoms with Crippen LogP contribution in [-0.2, 0) is 14.6 Å². The van der Waals surface area contributed by atoms with Gasteiger partial charge in [0.25, 0.3) is 0 Å². The van der Waals surface area contributed by atoms with Crippen LogP contribution in [0.5, 0.6) is 0 Å². The van der Waals surface area contributed by atoms with Crippen molar-refractivity contribution in [2.75, 3.05) is 24.6 Å². The molecule has 7 heteroatoms. The van der Waals surface area contributed by atoms with Crippen LogP contribution in [0.4, 0.5) is 0 Å². The zero-order chi connectivity index (χ0) is 14.8. The topological polar surface area (TPSA) is 83.1 Å². The summed E-state index contributed by atoms with van der Waals surface area (Å²) in [6, 6.07) is 1.99. The predicted molar refractivity (Wildman–Crippen MR) is 76.2 cm³/mol. The van der Waals surface area contributed by atoms with E-state index in [-0.39, 0.29) is 23.3 Å². The molecule has 1 N–H and O–H groups in total. The molecule has 2 rings (SSSR count). The lowest BCUT2D eigenvalue weighted by Gasteiger charge is -2.32. The van der Waals surface area contributed by atoms with Gasteiger partial charge in [0.15, 0.2) is 9.84 Å². The fourth-order valence-electron chi connectivity index (χ4n) is 2.47. The zero-order valence-corrected chi connectivity index (χ0v) is 12.7. The molecule has 112 valence electrons. The van der Waals surface area contributed by atoms with Crippen LogP contribution in [0.15, 0.2) is 6.07 Å². The SMILES string of the molecule is CCS(=O)(=O)CC(=O)N1CCC[C@@H](c2cc(C)[nH]n2)C1. The highest BCUT2D eigenvalue weighted by atomic mass is 32.2. The first kappa shape index (κ1) is 15.0. The van der Waals surface area contributed by atoms with Crippen LogP contribution >= 0.6 is 0 Å². The molecule has 6 nitrogen and oxygen atoms in total. The molecule has 20 heavy (non-hydrogen) atoms. The van der Waals surface area contributed by atoms with E-state index in [0.29, 0.717) is 13.1 Å². The highest BCUT2D eigenvalue weighted by Gasteiger charge is 2.28. The minimum Gasteiger partial charge on any atom is -0.341 e. The van der Waals surface area contributed by atoms with E-state index in [1.807, 2.05) is 13.0 Å². The molecule has 0 aliphatic carbocycles. The Labute approximate surface area is 119 Å². The Kier molecular flexibility index (Phi) is 4.47. The molecule has 0 aromatic carbocycles.